The number of hydrogen-bond acceptors (Lipinski definition) is 2. The molecule has 0 bridgehead atoms. The van der Waals surface area contributed by atoms with Gasteiger partial charge >= 0.3 is 21.1 Å². The zero-order valence-corrected chi connectivity index (χ0v) is 13.2. The van der Waals surface area contributed by atoms with E-state index in [9.17, 15) is 0 Å². The van der Waals surface area contributed by atoms with Gasteiger partial charge in [-0.2, -0.15) is 5.43 Å². The van der Waals surface area contributed by atoms with Crippen LogP contribution in [0.5, 0.6) is 0 Å². The molecular formula is C17H13MoN3-2. The van der Waals surface area contributed by atoms with E-state index < -0.39 is 0 Å². The minimum Gasteiger partial charge on any atom is -0.999 e. The van der Waals surface area contributed by atoms with Crippen LogP contribution in [0.25, 0.3) is 0 Å². The fraction of sp³-hybridized carbons (Fsp3) is 0. The average molecular weight is 355 g/mol. The number of nitrogens with two attached hydrogens (primary N) is 1. The Balaban J connectivity index is 0.000000313. The number of quaternary nitrogens is 1. The summed E-state index contributed by atoms with van der Waals surface area (Å²) in [4.78, 5) is 0. The van der Waals surface area contributed by atoms with Crippen LogP contribution in [0.3, 0.4) is 0 Å². The molecule has 0 atom stereocenters. The van der Waals surface area contributed by atoms with Gasteiger partial charge in [0.15, 0.2) is 5.69 Å². The Labute approximate surface area is 139 Å². The van der Waals surface area contributed by atoms with E-state index in [0.717, 1.165) is 11.4 Å². The second-order valence-corrected chi connectivity index (χ2v) is 3.77. The zero-order valence-electron chi connectivity index (χ0n) is 11.2. The van der Waals surface area contributed by atoms with Crippen LogP contribution >= 0.6 is 0 Å². The molecule has 2 N–H and O–H groups in total. The van der Waals surface area contributed by atoms with E-state index in [0.29, 0.717) is 0 Å². The van der Waals surface area contributed by atoms with Crippen LogP contribution in [-0.2, 0) is 21.1 Å². The van der Waals surface area contributed by atoms with Crippen molar-refractivity contribution in [3.8, 4) is 0 Å². The van der Waals surface area contributed by atoms with Crippen LogP contribution in [0.4, 0.5) is 11.4 Å². The van der Waals surface area contributed by atoms with Crippen molar-refractivity contribution in [2.75, 3.05) is 0 Å². The molecule has 4 heteroatoms. The number of benzene rings is 2. The molecular weight excluding hydrogens is 342 g/mol. The monoisotopic (exact) mass is 357 g/mol. The third-order valence-electron chi connectivity index (χ3n) is 2.29. The van der Waals surface area contributed by atoms with Crippen molar-refractivity contribution < 1.29 is 26.5 Å². The zero-order chi connectivity index (χ0) is 13.9. The maximum atomic E-state index is 4.07. The Bertz CT molecular complexity index is 575. The van der Waals surface area contributed by atoms with Gasteiger partial charge in [-0.05, 0) is 12.1 Å². The molecule has 0 aliphatic carbocycles. The van der Waals surface area contributed by atoms with E-state index in [1.54, 1.807) is 11.5 Å². The fourth-order valence-electron chi connectivity index (χ4n) is 1.38. The van der Waals surface area contributed by atoms with Gasteiger partial charge in [0, 0.05) is 17.4 Å². The summed E-state index contributed by atoms with van der Waals surface area (Å²) in [6, 6.07) is 31.6. The van der Waals surface area contributed by atoms with Crippen LogP contribution < -0.4 is 5.43 Å². The number of nitrogens with zero attached hydrogens (tertiary/aromatic N) is 2. The van der Waals surface area contributed by atoms with Crippen molar-refractivity contribution in [3.05, 3.63) is 91.0 Å². The van der Waals surface area contributed by atoms with Gasteiger partial charge in [0.2, 0.25) is 0 Å². The van der Waals surface area contributed by atoms with E-state index >= 15 is 0 Å². The maximum absolute atomic E-state index is 4.07. The van der Waals surface area contributed by atoms with Crippen molar-refractivity contribution in [1.29, 1.82) is 0 Å². The topological polar surface area (TPSA) is 41.3 Å². The molecule has 0 unspecified atom stereocenters. The van der Waals surface area contributed by atoms with Gasteiger partial charge in [-0.1, -0.05) is 36.4 Å². The molecule has 3 aromatic rings. The summed E-state index contributed by atoms with van der Waals surface area (Å²) in [6.45, 7) is 0. The van der Waals surface area contributed by atoms with Crippen LogP contribution in [-0.4, -0.2) is 0 Å². The Morgan fingerprint density at radius 3 is 1.90 bits per heavy atom. The molecule has 0 radical (unpaired) electrons. The van der Waals surface area contributed by atoms with E-state index in [4.69, 9.17) is 0 Å². The predicted octanol–water partition coefficient (Wildman–Crippen LogP) is 3.18. The first kappa shape index (κ1) is 17.1. The first-order valence-corrected chi connectivity index (χ1v) is 6.12. The number of hydrogen-bond donors (Lipinski definition) is 1. The normalized spacial score (nSPS) is 9.52. The standard InChI is InChI=1S/C12H11N3.C5H.Mo/c1-3-7-11(8-4-1)13-15-14-12-9-5-2-6-10-12;1-2-4-5-3-1;/h1-10H,(H,13,14);1H;/q;-5;+2/p+1. The van der Waals surface area contributed by atoms with Gasteiger partial charge < -0.3 is 30.3 Å². The Kier molecular flexibility index (Phi) is 8.77. The van der Waals surface area contributed by atoms with Gasteiger partial charge in [0.05, 0.1) is 5.69 Å². The smallest absolute Gasteiger partial charge is 0.999 e. The Morgan fingerprint density at radius 1 is 0.810 bits per heavy atom. The van der Waals surface area contributed by atoms with Gasteiger partial charge in [0.25, 0.3) is 0 Å². The van der Waals surface area contributed by atoms with Crippen molar-refractivity contribution in [3.63, 3.8) is 0 Å². The first-order chi connectivity index (χ1) is 9.95. The number of rotatable bonds is 3. The SMILES string of the molecule is [Mo+2].[c-]1[c-][c-][cH-][c-]1.c1ccc(N=N[NH2+]c2ccccc2)cc1. The first-order valence-electron chi connectivity index (χ1n) is 6.12. The summed E-state index contributed by atoms with van der Waals surface area (Å²) in [5.74, 6) is 0. The predicted molar refractivity (Wildman–Crippen MR) is 76.4 cm³/mol. The van der Waals surface area contributed by atoms with Crippen molar-refractivity contribution in [1.82, 2.24) is 0 Å². The van der Waals surface area contributed by atoms with Gasteiger partial charge in [-0.3, -0.25) is 0 Å². The fourth-order valence-corrected chi connectivity index (χ4v) is 1.38. The molecule has 0 heterocycles. The minimum atomic E-state index is 0. The summed E-state index contributed by atoms with van der Waals surface area (Å²) in [5, 5.41) is 8.08. The third kappa shape index (κ3) is 7.40. The molecule has 0 aliphatic rings. The average Bonchev–Trinajstić information content (AvgIpc) is 3.09. The summed E-state index contributed by atoms with van der Waals surface area (Å²) in [5.41, 5.74) is 3.66. The van der Waals surface area contributed by atoms with Crippen molar-refractivity contribution >= 4 is 11.4 Å². The second-order valence-electron chi connectivity index (χ2n) is 3.77. The second kappa shape index (κ2) is 10.8. The summed E-state index contributed by atoms with van der Waals surface area (Å²) < 4.78 is 0. The summed E-state index contributed by atoms with van der Waals surface area (Å²) >= 11 is 0. The van der Waals surface area contributed by atoms with Crippen LogP contribution in [0.15, 0.2) is 77.1 Å². The minimum absolute atomic E-state index is 0. The summed E-state index contributed by atoms with van der Waals surface area (Å²) in [7, 11) is 0. The largest absolute Gasteiger partial charge is 2.00 e. The quantitative estimate of drug-likeness (QED) is 0.187. The molecule has 0 fully saturated rings. The molecule has 21 heavy (non-hydrogen) atoms. The van der Waals surface area contributed by atoms with E-state index in [1.807, 2.05) is 60.7 Å². The molecule has 3 nitrogen and oxygen atoms in total. The van der Waals surface area contributed by atoms with Crippen molar-refractivity contribution in [2.24, 2.45) is 10.3 Å². The molecule has 0 aliphatic heterocycles. The van der Waals surface area contributed by atoms with Crippen molar-refractivity contribution in [2.45, 2.75) is 0 Å². The van der Waals surface area contributed by atoms with Gasteiger partial charge in [-0.15, -0.1) is 5.11 Å². The third-order valence-corrected chi connectivity index (χ3v) is 2.29. The maximum Gasteiger partial charge on any atom is 2.00 e. The van der Waals surface area contributed by atoms with Crippen LogP contribution in [0.1, 0.15) is 0 Å². The van der Waals surface area contributed by atoms with Crippen LogP contribution in [0, 0.1) is 24.3 Å². The van der Waals surface area contributed by atoms with E-state index in [2.05, 4.69) is 34.6 Å². The molecule has 0 spiro atoms. The van der Waals surface area contributed by atoms with Gasteiger partial charge in [0.1, 0.15) is 0 Å². The molecule has 3 aromatic carbocycles. The Morgan fingerprint density at radius 2 is 1.38 bits per heavy atom. The summed E-state index contributed by atoms with van der Waals surface area (Å²) in [6.07, 6.45) is 0. The van der Waals surface area contributed by atoms with Gasteiger partial charge in [-0.25, -0.2) is 0 Å². The van der Waals surface area contributed by atoms with Crippen LogP contribution in [0.2, 0.25) is 0 Å². The molecule has 3 rings (SSSR count). The molecule has 0 amide bonds. The molecule has 0 saturated carbocycles. The van der Waals surface area contributed by atoms with E-state index in [-0.39, 0.29) is 21.1 Å². The molecule has 0 aromatic heterocycles. The molecule has 0 saturated heterocycles. The Hall–Kier alpha value is -1.96. The van der Waals surface area contributed by atoms with E-state index in [1.165, 1.54) is 0 Å². The molecule has 104 valence electrons.